The Morgan fingerprint density at radius 3 is 2.42 bits per heavy atom. The van der Waals surface area contributed by atoms with Gasteiger partial charge in [-0.2, -0.15) is 0 Å². The molecular formula is C17H22N2O4S. The lowest BCUT2D eigenvalue weighted by Gasteiger charge is -2.26. The number of hydrogen-bond donors (Lipinski definition) is 2. The van der Waals surface area contributed by atoms with Crippen molar-refractivity contribution in [3.63, 3.8) is 0 Å². The van der Waals surface area contributed by atoms with Crippen molar-refractivity contribution in [2.24, 2.45) is 5.41 Å². The summed E-state index contributed by atoms with van der Waals surface area (Å²) >= 11 is 1.56. The van der Waals surface area contributed by atoms with E-state index in [9.17, 15) is 14.4 Å². The molecule has 1 aliphatic heterocycles. The van der Waals surface area contributed by atoms with E-state index < -0.39 is 12.0 Å². The van der Waals surface area contributed by atoms with Crippen LogP contribution in [0.25, 0.3) is 0 Å². The van der Waals surface area contributed by atoms with Gasteiger partial charge in [0.2, 0.25) is 11.8 Å². The molecule has 24 heavy (non-hydrogen) atoms. The van der Waals surface area contributed by atoms with Crippen molar-refractivity contribution in [2.45, 2.75) is 33.2 Å². The minimum Gasteiger partial charge on any atom is -0.478 e. The summed E-state index contributed by atoms with van der Waals surface area (Å²) in [7, 11) is 0. The molecule has 0 aliphatic carbocycles. The molecule has 1 aromatic carbocycles. The van der Waals surface area contributed by atoms with Crippen LogP contribution < -0.4 is 5.32 Å². The van der Waals surface area contributed by atoms with E-state index in [0.717, 1.165) is 0 Å². The maximum atomic E-state index is 12.5. The van der Waals surface area contributed by atoms with Gasteiger partial charge in [-0.25, -0.2) is 4.79 Å². The van der Waals surface area contributed by atoms with Crippen molar-refractivity contribution < 1.29 is 19.5 Å². The van der Waals surface area contributed by atoms with Crippen LogP contribution in [0.4, 0.5) is 5.69 Å². The average Bonchev–Trinajstić information content (AvgIpc) is 2.95. The van der Waals surface area contributed by atoms with E-state index in [0.29, 0.717) is 23.7 Å². The number of rotatable bonds is 4. The largest absolute Gasteiger partial charge is 0.478 e. The molecule has 2 N–H and O–H groups in total. The third kappa shape index (κ3) is 4.74. The Hall–Kier alpha value is -2.02. The van der Waals surface area contributed by atoms with Crippen LogP contribution in [-0.4, -0.2) is 45.5 Å². The summed E-state index contributed by atoms with van der Waals surface area (Å²) in [6.45, 7) is 5.98. The van der Waals surface area contributed by atoms with Gasteiger partial charge >= 0.3 is 5.97 Å². The van der Waals surface area contributed by atoms with Crippen LogP contribution in [0.15, 0.2) is 24.3 Å². The molecule has 6 nitrogen and oxygen atoms in total. The molecule has 7 heteroatoms. The van der Waals surface area contributed by atoms with Gasteiger partial charge in [-0.05, 0) is 29.7 Å². The standard InChI is InChI=1S/C17H22N2O4S/c1-17(2,3)8-14(20)19-10-24-9-13(19)15(21)18-12-6-4-11(5-7-12)16(22)23/h4-7,13H,8-10H2,1-3H3,(H,18,21)(H,22,23). The normalized spacial score (nSPS) is 17.6. The van der Waals surface area contributed by atoms with Gasteiger partial charge in [0.05, 0.1) is 11.4 Å². The highest BCUT2D eigenvalue weighted by Gasteiger charge is 2.35. The molecule has 0 radical (unpaired) electrons. The highest BCUT2D eigenvalue weighted by Crippen LogP contribution is 2.27. The fraction of sp³-hybridized carbons (Fsp3) is 0.471. The molecule has 0 saturated carbocycles. The second-order valence-electron chi connectivity index (χ2n) is 6.99. The number of carboxylic acids is 1. The van der Waals surface area contributed by atoms with Gasteiger partial charge in [-0.3, -0.25) is 9.59 Å². The highest BCUT2D eigenvalue weighted by atomic mass is 32.2. The summed E-state index contributed by atoms with van der Waals surface area (Å²) in [4.78, 5) is 37.4. The Kier molecular flexibility index (Phi) is 5.54. The fourth-order valence-electron chi connectivity index (χ4n) is 2.38. The zero-order chi connectivity index (χ0) is 17.9. The first-order chi connectivity index (χ1) is 11.2. The Bertz CT molecular complexity index is 637. The van der Waals surface area contributed by atoms with Gasteiger partial charge in [0.15, 0.2) is 0 Å². The van der Waals surface area contributed by atoms with E-state index in [2.05, 4.69) is 5.32 Å². The molecule has 1 atom stereocenters. The van der Waals surface area contributed by atoms with Gasteiger partial charge in [-0.1, -0.05) is 20.8 Å². The van der Waals surface area contributed by atoms with Crippen molar-refractivity contribution >= 4 is 35.2 Å². The smallest absolute Gasteiger partial charge is 0.335 e. The van der Waals surface area contributed by atoms with E-state index >= 15 is 0 Å². The first-order valence-electron chi connectivity index (χ1n) is 7.69. The number of carbonyl (C=O) groups excluding carboxylic acids is 2. The molecule has 1 unspecified atom stereocenters. The van der Waals surface area contributed by atoms with Gasteiger partial charge in [0.25, 0.3) is 0 Å². The molecule has 0 spiro atoms. The Morgan fingerprint density at radius 2 is 1.88 bits per heavy atom. The molecule has 0 bridgehead atoms. The zero-order valence-corrected chi connectivity index (χ0v) is 14.9. The molecule has 1 fully saturated rings. The molecular weight excluding hydrogens is 328 g/mol. The SMILES string of the molecule is CC(C)(C)CC(=O)N1CSCC1C(=O)Nc1ccc(C(=O)O)cc1. The summed E-state index contributed by atoms with van der Waals surface area (Å²) in [6.07, 6.45) is 0.394. The van der Waals surface area contributed by atoms with Crippen LogP contribution in [0.1, 0.15) is 37.6 Å². The zero-order valence-electron chi connectivity index (χ0n) is 14.0. The van der Waals surface area contributed by atoms with E-state index in [-0.39, 0.29) is 22.8 Å². The lowest BCUT2D eigenvalue weighted by Crippen LogP contribution is -2.45. The Morgan fingerprint density at radius 1 is 1.25 bits per heavy atom. The van der Waals surface area contributed by atoms with Gasteiger partial charge < -0.3 is 15.3 Å². The Balaban J connectivity index is 2.02. The minimum absolute atomic E-state index is 0.0196. The van der Waals surface area contributed by atoms with Crippen LogP contribution in [0.5, 0.6) is 0 Å². The van der Waals surface area contributed by atoms with Crippen LogP contribution in [0.3, 0.4) is 0 Å². The summed E-state index contributed by atoms with van der Waals surface area (Å²) in [5.74, 6) is -0.196. The van der Waals surface area contributed by atoms with Crippen LogP contribution >= 0.6 is 11.8 Å². The van der Waals surface area contributed by atoms with E-state index in [4.69, 9.17) is 5.11 Å². The molecule has 1 aliphatic rings. The number of aromatic carboxylic acids is 1. The quantitative estimate of drug-likeness (QED) is 0.872. The summed E-state index contributed by atoms with van der Waals surface area (Å²) in [5, 5.41) is 11.6. The molecule has 2 rings (SSSR count). The van der Waals surface area contributed by atoms with Crippen LogP contribution in [0, 0.1) is 5.41 Å². The first kappa shape index (κ1) is 18.3. The monoisotopic (exact) mass is 350 g/mol. The Labute approximate surface area is 145 Å². The summed E-state index contributed by atoms with van der Waals surface area (Å²) in [6, 6.07) is 5.47. The number of carbonyl (C=O) groups is 3. The lowest BCUT2D eigenvalue weighted by atomic mass is 9.91. The summed E-state index contributed by atoms with van der Waals surface area (Å²) in [5.41, 5.74) is 0.550. The number of thioether (sulfide) groups is 1. The van der Waals surface area contributed by atoms with E-state index in [1.165, 1.54) is 12.1 Å². The molecule has 1 heterocycles. The second-order valence-corrected chi connectivity index (χ2v) is 7.99. The van der Waals surface area contributed by atoms with Crippen molar-refractivity contribution in [2.75, 3.05) is 16.9 Å². The molecule has 0 aromatic heterocycles. The third-order valence-electron chi connectivity index (χ3n) is 3.59. The first-order valence-corrected chi connectivity index (χ1v) is 8.84. The number of nitrogens with one attached hydrogen (secondary N) is 1. The molecule has 130 valence electrons. The number of benzene rings is 1. The molecule has 1 saturated heterocycles. The molecule has 2 amide bonds. The lowest BCUT2D eigenvalue weighted by molar-refractivity contribution is -0.137. The van der Waals surface area contributed by atoms with Crippen molar-refractivity contribution in [3.05, 3.63) is 29.8 Å². The van der Waals surface area contributed by atoms with E-state index in [1.54, 1.807) is 28.8 Å². The van der Waals surface area contributed by atoms with Crippen molar-refractivity contribution in [1.82, 2.24) is 4.90 Å². The maximum absolute atomic E-state index is 12.5. The molecule has 1 aromatic rings. The fourth-order valence-corrected chi connectivity index (χ4v) is 3.56. The predicted molar refractivity (Wildman–Crippen MR) is 94.1 cm³/mol. The number of hydrogen-bond acceptors (Lipinski definition) is 4. The highest BCUT2D eigenvalue weighted by molar-refractivity contribution is 7.99. The summed E-state index contributed by atoms with van der Waals surface area (Å²) < 4.78 is 0. The average molecular weight is 350 g/mol. The number of carboxylic acid groups (broad SMARTS) is 1. The maximum Gasteiger partial charge on any atom is 0.335 e. The topological polar surface area (TPSA) is 86.7 Å². The van der Waals surface area contributed by atoms with Gasteiger partial charge in [0, 0.05) is 17.9 Å². The number of amides is 2. The van der Waals surface area contributed by atoms with Gasteiger partial charge in [-0.15, -0.1) is 11.8 Å². The van der Waals surface area contributed by atoms with E-state index in [1.807, 2.05) is 20.8 Å². The number of nitrogens with zero attached hydrogens (tertiary/aromatic N) is 1. The van der Waals surface area contributed by atoms with Crippen LogP contribution in [0.2, 0.25) is 0 Å². The second kappa shape index (κ2) is 7.25. The minimum atomic E-state index is -1.01. The van der Waals surface area contributed by atoms with Gasteiger partial charge in [0.1, 0.15) is 6.04 Å². The van der Waals surface area contributed by atoms with Crippen molar-refractivity contribution in [1.29, 1.82) is 0 Å². The number of anilines is 1. The van der Waals surface area contributed by atoms with Crippen LogP contribution in [-0.2, 0) is 9.59 Å². The predicted octanol–water partition coefficient (Wildman–Crippen LogP) is 2.66. The third-order valence-corrected chi connectivity index (χ3v) is 4.60. The van der Waals surface area contributed by atoms with Crippen molar-refractivity contribution in [3.8, 4) is 0 Å².